The number of nitrogens with one attached hydrogen (secondary N) is 1. The van der Waals surface area contributed by atoms with Crippen molar-refractivity contribution in [2.75, 3.05) is 12.8 Å². The van der Waals surface area contributed by atoms with Crippen molar-refractivity contribution in [3.05, 3.63) is 34.8 Å². The smallest absolute Gasteiger partial charge is 0.244 e. The van der Waals surface area contributed by atoms with Crippen molar-refractivity contribution in [1.29, 1.82) is 0 Å². The molecule has 2 aromatic rings. The predicted octanol–water partition coefficient (Wildman–Crippen LogP) is 1.21. The SMILES string of the molecule is COc1ccc(N)cc1S(=O)(=O)NCc1cncs1. The lowest BCUT2D eigenvalue weighted by Gasteiger charge is -2.10. The number of nitrogen functional groups attached to an aromatic ring is 1. The average molecular weight is 299 g/mol. The largest absolute Gasteiger partial charge is 0.495 e. The summed E-state index contributed by atoms with van der Waals surface area (Å²) >= 11 is 1.38. The lowest BCUT2D eigenvalue weighted by Crippen LogP contribution is -2.23. The first-order valence-electron chi connectivity index (χ1n) is 5.33. The van der Waals surface area contributed by atoms with E-state index in [2.05, 4.69) is 9.71 Å². The molecule has 19 heavy (non-hydrogen) atoms. The third-order valence-corrected chi connectivity index (χ3v) is 4.60. The van der Waals surface area contributed by atoms with Crippen LogP contribution in [0.2, 0.25) is 0 Å². The first kappa shape index (κ1) is 13.8. The maximum atomic E-state index is 12.2. The lowest BCUT2D eigenvalue weighted by molar-refractivity contribution is 0.402. The predicted molar refractivity (Wildman–Crippen MR) is 73.5 cm³/mol. The summed E-state index contributed by atoms with van der Waals surface area (Å²) in [6.07, 6.45) is 1.61. The molecule has 0 saturated heterocycles. The highest BCUT2D eigenvalue weighted by Crippen LogP contribution is 2.25. The number of ether oxygens (including phenoxy) is 1. The molecule has 1 aromatic carbocycles. The topological polar surface area (TPSA) is 94.3 Å². The lowest BCUT2D eigenvalue weighted by atomic mass is 10.3. The van der Waals surface area contributed by atoms with Gasteiger partial charge >= 0.3 is 0 Å². The summed E-state index contributed by atoms with van der Waals surface area (Å²) in [7, 11) is -2.27. The molecular formula is C11H13N3O3S2. The zero-order valence-corrected chi connectivity index (χ0v) is 11.8. The quantitative estimate of drug-likeness (QED) is 0.809. The second-order valence-corrected chi connectivity index (χ2v) is 6.41. The van der Waals surface area contributed by atoms with E-state index in [9.17, 15) is 8.42 Å². The van der Waals surface area contributed by atoms with Gasteiger partial charge in [0.2, 0.25) is 10.0 Å². The van der Waals surface area contributed by atoms with Gasteiger partial charge in [-0.3, -0.25) is 4.98 Å². The molecule has 102 valence electrons. The van der Waals surface area contributed by atoms with Gasteiger partial charge in [-0.2, -0.15) is 0 Å². The van der Waals surface area contributed by atoms with E-state index in [1.54, 1.807) is 17.8 Å². The van der Waals surface area contributed by atoms with E-state index in [-0.39, 0.29) is 17.2 Å². The Morgan fingerprint density at radius 1 is 1.47 bits per heavy atom. The van der Waals surface area contributed by atoms with Gasteiger partial charge in [-0.05, 0) is 18.2 Å². The molecule has 0 amide bonds. The Balaban J connectivity index is 2.26. The second kappa shape index (κ2) is 5.55. The minimum atomic E-state index is -3.68. The molecule has 0 unspecified atom stereocenters. The van der Waals surface area contributed by atoms with Crippen molar-refractivity contribution in [3.8, 4) is 5.75 Å². The summed E-state index contributed by atoms with van der Waals surface area (Å²) in [5.41, 5.74) is 7.62. The number of methoxy groups -OCH3 is 1. The van der Waals surface area contributed by atoms with Crippen LogP contribution in [0.5, 0.6) is 5.75 Å². The molecule has 2 rings (SSSR count). The summed E-state index contributed by atoms with van der Waals surface area (Å²) in [6.45, 7) is 0.185. The van der Waals surface area contributed by atoms with Crippen molar-refractivity contribution in [3.63, 3.8) is 0 Å². The molecular weight excluding hydrogens is 286 g/mol. The summed E-state index contributed by atoms with van der Waals surface area (Å²) in [5.74, 6) is 0.256. The number of nitrogens with two attached hydrogens (primary N) is 1. The molecule has 0 aliphatic carbocycles. The summed E-state index contributed by atoms with van der Waals surface area (Å²) < 4.78 is 31.9. The Morgan fingerprint density at radius 3 is 2.89 bits per heavy atom. The fourth-order valence-corrected chi connectivity index (χ4v) is 3.31. The van der Waals surface area contributed by atoms with Gasteiger partial charge in [-0.1, -0.05) is 0 Å². The Morgan fingerprint density at radius 2 is 2.26 bits per heavy atom. The normalized spacial score (nSPS) is 11.4. The van der Waals surface area contributed by atoms with E-state index >= 15 is 0 Å². The Kier molecular flexibility index (Phi) is 4.03. The minimum Gasteiger partial charge on any atom is -0.495 e. The number of anilines is 1. The summed E-state index contributed by atoms with van der Waals surface area (Å²) in [6, 6.07) is 4.48. The Hall–Kier alpha value is -1.64. The van der Waals surface area contributed by atoms with Gasteiger partial charge in [0.05, 0.1) is 12.6 Å². The van der Waals surface area contributed by atoms with E-state index < -0.39 is 10.0 Å². The van der Waals surface area contributed by atoms with Gasteiger partial charge in [-0.25, -0.2) is 13.1 Å². The highest BCUT2D eigenvalue weighted by atomic mass is 32.2. The number of sulfonamides is 1. The fourth-order valence-electron chi connectivity index (χ4n) is 1.48. The maximum absolute atomic E-state index is 12.2. The molecule has 3 N–H and O–H groups in total. The number of thiazole rings is 1. The molecule has 0 radical (unpaired) electrons. The first-order chi connectivity index (χ1) is 9.03. The van der Waals surface area contributed by atoms with Gasteiger partial charge in [0.15, 0.2) is 0 Å². The van der Waals surface area contributed by atoms with E-state index in [1.165, 1.54) is 30.6 Å². The van der Waals surface area contributed by atoms with Crippen molar-refractivity contribution >= 4 is 27.0 Å². The number of hydrogen-bond acceptors (Lipinski definition) is 6. The second-order valence-electron chi connectivity index (χ2n) is 3.70. The van der Waals surface area contributed by atoms with Crippen molar-refractivity contribution in [1.82, 2.24) is 9.71 Å². The number of nitrogens with zero attached hydrogens (tertiary/aromatic N) is 1. The van der Waals surface area contributed by atoms with Crippen LogP contribution in [0.3, 0.4) is 0 Å². The number of aromatic nitrogens is 1. The van der Waals surface area contributed by atoms with Crippen molar-refractivity contribution in [2.45, 2.75) is 11.4 Å². The van der Waals surface area contributed by atoms with Crippen LogP contribution in [0.4, 0.5) is 5.69 Å². The maximum Gasteiger partial charge on any atom is 0.244 e. The zero-order valence-electron chi connectivity index (χ0n) is 10.2. The van der Waals surface area contributed by atoms with Crippen LogP contribution < -0.4 is 15.2 Å². The molecule has 0 saturated carbocycles. The minimum absolute atomic E-state index is 0.0273. The molecule has 0 atom stereocenters. The molecule has 8 heteroatoms. The van der Waals surface area contributed by atoms with Gasteiger partial charge in [-0.15, -0.1) is 11.3 Å². The standard InChI is InChI=1S/C11H13N3O3S2/c1-17-10-3-2-8(12)4-11(10)19(15,16)14-6-9-5-13-7-18-9/h2-5,7,14H,6,12H2,1H3. The van der Waals surface area contributed by atoms with Crippen LogP contribution in [0, 0.1) is 0 Å². The van der Waals surface area contributed by atoms with Gasteiger partial charge in [0.1, 0.15) is 10.6 Å². The number of rotatable bonds is 5. The Bertz CT molecular complexity index is 654. The van der Waals surface area contributed by atoms with Gasteiger partial charge in [0, 0.05) is 23.3 Å². The summed E-state index contributed by atoms with van der Waals surface area (Å²) in [5, 5.41) is 0. The van der Waals surface area contributed by atoms with Gasteiger partial charge in [0.25, 0.3) is 0 Å². The van der Waals surface area contributed by atoms with E-state index in [1.807, 2.05) is 0 Å². The number of hydrogen-bond donors (Lipinski definition) is 2. The highest BCUT2D eigenvalue weighted by molar-refractivity contribution is 7.89. The van der Waals surface area contributed by atoms with Crippen LogP contribution in [0.1, 0.15) is 4.88 Å². The van der Waals surface area contributed by atoms with Crippen LogP contribution in [0.25, 0.3) is 0 Å². The van der Waals surface area contributed by atoms with Crippen LogP contribution in [0.15, 0.2) is 34.8 Å². The van der Waals surface area contributed by atoms with Crippen LogP contribution >= 0.6 is 11.3 Å². The zero-order chi connectivity index (χ0) is 13.9. The molecule has 0 bridgehead atoms. The van der Waals surface area contributed by atoms with Crippen molar-refractivity contribution in [2.24, 2.45) is 0 Å². The third kappa shape index (κ3) is 3.22. The van der Waals surface area contributed by atoms with E-state index in [0.717, 1.165) is 4.88 Å². The Labute approximate surface area is 115 Å². The molecule has 1 aromatic heterocycles. The van der Waals surface area contributed by atoms with Crippen LogP contribution in [-0.2, 0) is 16.6 Å². The summed E-state index contributed by atoms with van der Waals surface area (Å²) in [4.78, 5) is 4.74. The molecule has 1 heterocycles. The molecule has 0 fully saturated rings. The van der Waals surface area contributed by atoms with Crippen molar-refractivity contribution < 1.29 is 13.2 Å². The third-order valence-electron chi connectivity index (χ3n) is 2.40. The molecule has 6 nitrogen and oxygen atoms in total. The average Bonchev–Trinajstić information content (AvgIpc) is 2.89. The molecule has 0 spiro atoms. The number of benzene rings is 1. The monoisotopic (exact) mass is 299 g/mol. The van der Waals surface area contributed by atoms with Gasteiger partial charge < -0.3 is 10.5 Å². The van der Waals surface area contributed by atoms with Crippen LogP contribution in [-0.4, -0.2) is 20.5 Å². The molecule has 0 aliphatic rings. The van der Waals surface area contributed by atoms with E-state index in [4.69, 9.17) is 10.5 Å². The highest BCUT2D eigenvalue weighted by Gasteiger charge is 2.19. The first-order valence-corrected chi connectivity index (χ1v) is 7.70. The van der Waals surface area contributed by atoms with E-state index in [0.29, 0.717) is 5.69 Å². The molecule has 0 aliphatic heterocycles. The fraction of sp³-hybridized carbons (Fsp3) is 0.182.